The Labute approximate surface area is 211 Å². The van der Waals surface area contributed by atoms with Crippen LogP contribution in [-0.4, -0.2) is 50.5 Å². The van der Waals surface area contributed by atoms with Crippen molar-refractivity contribution in [2.75, 3.05) is 23.8 Å². The molecule has 0 fully saturated rings. The predicted octanol–water partition coefficient (Wildman–Crippen LogP) is 4.63. The van der Waals surface area contributed by atoms with E-state index in [-0.39, 0.29) is 19.3 Å². The second kappa shape index (κ2) is 11.6. The first kappa shape index (κ1) is 25.9. The van der Waals surface area contributed by atoms with Crippen molar-refractivity contribution in [1.82, 2.24) is 14.7 Å². The zero-order valence-electron chi connectivity index (χ0n) is 18.7. The molecule has 12 heteroatoms. The van der Waals surface area contributed by atoms with Crippen LogP contribution < -0.4 is 15.4 Å². The molecule has 0 spiro atoms. The quantitative estimate of drug-likeness (QED) is 0.261. The summed E-state index contributed by atoms with van der Waals surface area (Å²) >= 11 is 4.97. The number of aliphatic hydroxyl groups is 1. The minimum Gasteiger partial charge on any atom is -0.449 e. The lowest BCUT2D eigenvalue weighted by Crippen LogP contribution is -2.31. The van der Waals surface area contributed by atoms with Crippen LogP contribution in [-0.2, 0) is 14.4 Å². The van der Waals surface area contributed by atoms with Crippen LogP contribution in [0.25, 0.3) is 10.4 Å². The van der Waals surface area contributed by atoms with E-state index in [0.29, 0.717) is 26.8 Å². The van der Waals surface area contributed by atoms with Crippen LogP contribution in [0.1, 0.15) is 20.3 Å². The zero-order valence-corrected chi connectivity index (χ0v) is 21.9. The van der Waals surface area contributed by atoms with E-state index in [0.717, 1.165) is 16.9 Å². The van der Waals surface area contributed by atoms with E-state index in [1.165, 1.54) is 0 Å². The monoisotopic (exact) mass is 567 g/mol. The molecule has 182 valence electrons. The van der Waals surface area contributed by atoms with Gasteiger partial charge in [-0.3, -0.25) is 0 Å². The molecule has 9 nitrogen and oxygen atoms in total. The minimum absolute atomic E-state index is 0.0221. The Morgan fingerprint density at radius 3 is 2.76 bits per heavy atom. The fourth-order valence-corrected chi connectivity index (χ4v) is 5.96. The lowest BCUT2D eigenvalue weighted by Gasteiger charge is -2.18. The summed E-state index contributed by atoms with van der Waals surface area (Å²) in [5.41, 5.74) is 1.47. The molecule has 0 saturated carbocycles. The van der Waals surface area contributed by atoms with Gasteiger partial charge in [-0.15, -0.1) is 11.3 Å². The molecule has 0 aliphatic heterocycles. The maximum atomic E-state index is 12.9. The van der Waals surface area contributed by atoms with Gasteiger partial charge in [-0.2, -0.15) is 4.98 Å². The highest BCUT2D eigenvalue weighted by Gasteiger charge is 2.17. The normalized spacial score (nSPS) is 13.5. The molecule has 0 radical (unpaired) electrons. The second-order valence-corrected chi connectivity index (χ2v) is 10.9. The molecule has 1 aromatic carbocycles. The minimum atomic E-state index is -3.12. The third kappa shape index (κ3) is 6.47. The van der Waals surface area contributed by atoms with Crippen LogP contribution in [0, 0.1) is 0 Å². The van der Waals surface area contributed by atoms with Crippen LogP contribution in [0.2, 0.25) is 0 Å². The van der Waals surface area contributed by atoms with Gasteiger partial charge in [0.1, 0.15) is 5.82 Å². The molecule has 2 atom stereocenters. The van der Waals surface area contributed by atoms with E-state index in [9.17, 15) is 14.1 Å². The number of nitrogens with zero attached hydrogens (tertiary/aromatic N) is 2. The fourth-order valence-electron chi connectivity index (χ4n) is 2.96. The number of anilines is 3. The Hall–Kier alpha value is -2.67. The molecule has 4 N–H and O–H groups in total. The molecule has 3 rings (SSSR count). The van der Waals surface area contributed by atoms with Gasteiger partial charge in [-0.1, -0.05) is 13.0 Å². The summed E-state index contributed by atoms with van der Waals surface area (Å²) in [7, 11) is -3.12. The number of carbonyl (C=O) groups is 1. The number of carbonyl (C=O) groups excluding carboxylic acids is 1. The van der Waals surface area contributed by atoms with Crippen molar-refractivity contribution in [3.05, 3.63) is 46.4 Å². The Morgan fingerprint density at radius 1 is 1.35 bits per heavy atom. The third-order valence-corrected chi connectivity index (χ3v) is 8.08. The van der Waals surface area contributed by atoms with Gasteiger partial charge in [0.25, 0.3) is 0 Å². The Bertz CT molecular complexity index is 1230. The van der Waals surface area contributed by atoms with Crippen molar-refractivity contribution >= 4 is 66.4 Å². The van der Waals surface area contributed by atoms with Crippen LogP contribution in [0.5, 0.6) is 0 Å². The largest absolute Gasteiger partial charge is 0.449 e. The number of halogens is 1. The average molecular weight is 569 g/mol. The lowest BCUT2D eigenvalue weighted by atomic mass is 10.2. The molecular formula is C22H26BrN5O4S2. The van der Waals surface area contributed by atoms with E-state index in [1.54, 1.807) is 42.7 Å². The Balaban J connectivity index is 1.86. The molecular weight excluding hydrogens is 542 g/mol. The van der Waals surface area contributed by atoms with Gasteiger partial charge in [-0.05, 0) is 64.8 Å². The van der Waals surface area contributed by atoms with Crippen molar-refractivity contribution in [2.45, 2.75) is 31.2 Å². The van der Waals surface area contributed by atoms with Crippen molar-refractivity contribution in [3.63, 3.8) is 0 Å². The van der Waals surface area contributed by atoms with E-state index >= 15 is 0 Å². The van der Waals surface area contributed by atoms with Gasteiger partial charge < -0.3 is 20.5 Å². The van der Waals surface area contributed by atoms with E-state index in [2.05, 4.69) is 47.1 Å². The molecule has 2 heterocycles. The average Bonchev–Trinajstić information content (AvgIpc) is 3.32. The van der Waals surface area contributed by atoms with Crippen molar-refractivity contribution in [2.24, 2.45) is 0 Å². The topological polar surface area (TPSA) is 125 Å². The molecule has 3 aromatic rings. The van der Waals surface area contributed by atoms with Gasteiger partial charge in [0.15, 0.2) is 0 Å². The van der Waals surface area contributed by atoms with E-state index in [1.807, 2.05) is 24.4 Å². The van der Waals surface area contributed by atoms with Gasteiger partial charge in [0.05, 0.1) is 39.4 Å². The first-order valence-electron chi connectivity index (χ1n) is 10.4. The smallest absolute Gasteiger partial charge is 0.418 e. The Kier molecular flexibility index (Phi) is 8.89. The fraction of sp³-hybridized carbons (Fsp3) is 0.273. The van der Waals surface area contributed by atoms with Crippen molar-refractivity contribution < 1.29 is 18.8 Å². The number of aromatic nitrogens is 2. The summed E-state index contributed by atoms with van der Waals surface area (Å²) in [5, 5.41) is 18.0. The number of ether oxygens (including phenoxy) is 1. The van der Waals surface area contributed by atoms with Crippen LogP contribution in [0.3, 0.4) is 0 Å². The number of benzene rings is 1. The molecule has 1 unspecified atom stereocenters. The molecule has 2 aromatic heterocycles. The highest BCUT2D eigenvalue weighted by Crippen LogP contribution is 2.32. The maximum absolute atomic E-state index is 12.9. The number of hydrogen-bond donors (Lipinski definition) is 4. The number of nitrogens with one attached hydrogen (secondary N) is 3. The highest BCUT2D eigenvalue weighted by molar-refractivity contribution is 9.10. The standard InChI is InChI=1S/C22H26BrN5O4S2/c1-4-14(13-29)25-20-16(18-7-6-10-33-18)12-24-21(27-20)26-15-8-9-19(17(23)11-15)34(3,31)28-22(30)32-5-2/h6-12,14,29H,3-5,13H2,1-2H3,(H,28,30,31)(H2,24,25,26,27)/t14-,34?/m1/s1. The zero-order chi connectivity index (χ0) is 24.7. The van der Waals surface area contributed by atoms with Crippen LogP contribution in [0.4, 0.5) is 22.2 Å². The molecule has 34 heavy (non-hydrogen) atoms. The van der Waals surface area contributed by atoms with E-state index in [4.69, 9.17) is 4.74 Å². The van der Waals surface area contributed by atoms with Crippen molar-refractivity contribution in [3.8, 4) is 10.4 Å². The van der Waals surface area contributed by atoms with Gasteiger partial charge in [0, 0.05) is 21.2 Å². The van der Waals surface area contributed by atoms with Gasteiger partial charge >= 0.3 is 6.09 Å². The summed E-state index contributed by atoms with van der Waals surface area (Å²) < 4.78 is 20.5. The van der Waals surface area contributed by atoms with Crippen LogP contribution in [0.15, 0.2) is 51.3 Å². The summed E-state index contributed by atoms with van der Waals surface area (Å²) in [4.78, 5) is 22.1. The van der Waals surface area contributed by atoms with Crippen LogP contribution >= 0.6 is 27.3 Å². The second-order valence-electron chi connectivity index (χ2n) is 7.13. The van der Waals surface area contributed by atoms with Crippen molar-refractivity contribution in [1.29, 1.82) is 0 Å². The summed E-state index contributed by atoms with van der Waals surface area (Å²) in [6.07, 6.45) is 1.65. The summed E-state index contributed by atoms with van der Waals surface area (Å²) in [5.74, 6) is 4.59. The third-order valence-electron chi connectivity index (χ3n) is 4.70. The SMILES string of the molecule is C=S(=O)(NC(=O)OCC)c1ccc(Nc2ncc(-c3cccs3)c(N[C@H](CC)CO)n2)cc1Br. The first-order chi connectivity index (χ1) is 16.3. The maximum Gasteiger partial charge on any atom is 0.418 e. The Morgan fingerprint density at radius 2 is 2.15 bits per heavy atom. The number of hydrogen-bond acceptors (Lipinski definition) is 9. The predicted molar refractivity (Wildman–Crippen MR) is 141 cm³/mol. The summed E-state index contributed by atoms with van der Waals surface area (Å²) in [6.45, 7) is 3.77. The highest BCUT2D eigenvalue weighted by atomic mass is 79.9. The molecule has 0 aliphatic carbocycles. The van der Waals surface area contributed by atoms with Gasteiger partial charge in [-0.25, -0.2) is 18.7 Å². The molecule has 1 amide bonds. The number of rotatable bonds is 10. The molecule has 0 aliphatic rings. The lowest BCUT2D eigenvalue weighted by molar-refractivity contribution is 0.159. The number of aliphatic hydroxyl groups excluding tert-OH is 1. The first-order valence-corrected chi connectivity index (χ1v) is 13.8. The molecule has 0 bridgehead atoms. The number of amides is 1. The number of thiophene rings is 1. The molecule has 0 saturated heterocycles. The summed E-state index contributed by atoms with van der Waals surface area (Å²) in [6, 6.07) is 8.76. The van der Waals surface area contributed by atoms with Gasteiger partial charge in [0.2, 0.25) is 5.95 Å². The van der Waals surface area contributed by atoms with E-state index < -0.39 is 15.8 Å².